The Bertz CT molecular complexity index is 311. The third-order valence-electron chi connectivity index (χ3n) is 2.51. The fourth-order valence-electron chi connectivity index (χ4n) is 1.77. The minimum absolute atomic E-state index is 0.121. The van der Waals surface area contributed by atoms with Gasteiger partial charge in [0.05, 0.1) is 13.0 Å². The van der Waals surface area contributed by atoms with Crippen molar-refractivity contribution in [3.8, 4) is 0 Å². The molecule has 88 valence electrons. The molecule has 1 rings (SSSR count). The van der Waals surface area contributed by atoms with Gasteiger partial charge in [0, 0.05) is 12.4 Å². The summed E-state index contributed by atoms with van der Waals surface area (Å²) in [6.07, 6.45) is 6.08. The van der Waals surface area contributed by atoms with Gasteiger partial charge in [-0.25, -0.2) is 0 Å². The lowest BCUT2D eigenvalue weighted by atomic mass is 9.93. The van der Waals surface area contributed by atoms with Crippen molar-refractivity contribution in [3.05, 3.63) is 30.1 Å². The topological polar surface area (TPSA) is 39.2 Å². The van der Waals surface area contributed by atoms with E-state index in [9.17, 15) is 4.79 Å². The Labute approximate surface area is 96.8 Å². The fourth-order valence-corrected chi connectivity index (χ4v) is 1.77. The van der Waals surface area contributed by atoms with Crippen molar-refractivity contribution in [2.24, 2.45) is 0 Å². The van der Waals surface area contributed by atoms with Gasteiger partial charge in [0.15, 0.2) is 0 Å². The average molecular weight is 221 g/mol. The van der Waals surface area contributed by atoms with E-state index in [0.717, 1.165) is 18.4 Å². The van der Waals surface area contributed by atoms with E-state index in [1.807, 2.05) is 25.3 Å². The van der Waals surface area contributed by atoms with Crippen molar-refractivity contribution >= 4 is 5.97 Å². The van der Waals surface area contributed by atoms with Crippen LogP contribution in [-0.4, -0.2) is 17.6 Å². The van der Waals surface area contributed by atoms with E-state index in [1.54, 1.807) is 6.20 Å². The molecule has 1 unspecified atom stereocenters. The van der Waals surface area contributed by atoms with Crippen LogP contribution in [0.15, 0.2) is 24.5 Å². The molecular formula is C13H19NO2. The standard InChI is InChI=1S/C13H19NO2/c1-3-6-11(9-13(15)16-4-2)12-7-5-8-14-10-12/h5,7-8,10-11H,3-4,6,9H2,1-2H3. The van der Waals surface area contributed by atoms with Crippen molar-refractivity contribution in [1.82, 2.24) is 4.98 Å². The summed E-state index contributed by atoms with van der Waals surface area (Å²) in [4.78, 5) is 15.5. The molecule has 1 heterocycles. The minimum Gasteiger partial charge on any atom is -0.466 e. The SMILES string of the molecule is CCCC(CC(=O)OCC)c1cccnc1. The maximum atomic E-state index is 11.5. The van der Waals surface area contributed by atoms with Gasteiger partial charge in [-0.15, -0.1) is 0 Å². The first kappa shape index (κ1) is 12.7. The zero-order valence-electron chi connectivity index (χ0n) is 9.98. The molecule has 1 aromatic heterocycles. The van der Waals surface area contributed by atoms with Crippen LogP contribution in [0.4, 0.5) is 0 Å². The largest absolute Gasteiger partial charge is 0.466 e. The normalized spacial score (nSPS) is 12.1. The monoisotopic (exact) mass is 221 g/mol. The van der Waals surface area contributed by atoms with Crippen LogP contribution in [0.3, 0.4) is 0 Å². The number of aromatic nitrogens is 1. The predicted octanol–water partition coefficient (Wildman–Crippen LogP) is 2.92. The molecule has 0 amide bonds. The van der Waals surface area contributed by atoms with Crippen molar-refractivity contribution < 1.29 is 9.53 Å². The zero-order valence-corrected chi connectivity index (χ0v) is 9.98. The Morgan fingerprint density at radius 3 is 2.88 bits per heavy atom. The van der Waals surface area contributed by atoms with Crippen LogP contribution in [0.1, 0.15) is 44.6 Å². The molecule has 0 saturated heterocycles. The van der Waals surface area contributed by atoms with Gasteiger partial charge < -0.3 is 4.74 Å². The molecule has 0 aromatic carbocycles. The molecular weight excluding hydrogens is 202 g/mol. The number of hydrogen-bond donors (Lipinski definition) is 0. The molecule has 0 fully saturated rings. The highest BCUT2D eigenvalue weighted by molar-refractivity contribution is 5.70. The highest BCUT2D eigenvalue weighted by atomic mass is 16.5. The number of ether oxygens (including phenoxy) is 1. The first-order chi connectivity index (χ1) is 7.77. The Hall–Kier alpha value is -1.38. The lowest BCUT2D eigenvalue weighted by molar-refractivity contribution is -0.143. The maximum Gasteiger partial charge on any atom is 0.306 e. The molecule has 1 aromatic rings. The van der Waals surface area contributed by atoms with Crippen LogP contribution in [0.5, 0.6) is 0 Å². The summed E-state index contributed by atoms with van der Waals surface area (Å²) in [5.41, 5.74) is 1.12. The number of esters is 1. The van der Waals surface area contributed by atoms with Crippen molar-refractivity contribution in [3.63, 3.8) is 0 Å². The van der Waals surface area contributed by atoms with E-state index in [0.29, 0.717) is 13.0 Å². The molecule has 0 N–H and O–H groups in total. The maximum absolute atomic E-state index is 11.5. The molecule has 0 spiro atoms. The Balaban J connectivity index is 2.64. The van der Waals surface area contributed by atoms with Crippen LogP contribution in [0, 0.1) is 0 Å². The number of pyridine rings is 1. The summed E-state index contributed by atoms with van der Waals surface area (Å²) in [6, 6.07) is 3.93. The number of nitrogens with zero attached hydrogens (tertiary/aromatic N) is 1. The van der Waals surface area contributed by atoms with Gasteiger partial charge in [-0.05, 0) is 30.9 Å². The van der Waals surface area contributed by atoms with Crippen LogP contribution in [0.2, 0.25) is 0 Å². The van der Waals surface area contributed by atoms with E-state index >= 15 is 0 Å². The molecule has 0 saturated carbocycles. The summed E-state index contributed by atoms with van der Waals surface area (Å²) in [6.45, 7) is 4.40. The van der Waals surface area contributed by atoms with E-state index in [-0.39, 0.29) is 11.9 Å². The van der Waals surface area contributed by atoms with Crippen molar-refractivity contribution in [2.75, 3.05) is 6.61 Å². The van der Waals surface area contributed by atoms with E-state index in [4.69, 9.17) is 4.74 Å². The number of rotatable bonds is 6. The van der Waals surface area contributed by atoms with Crippen LogP contribution in [0.25, 0.3) is 0 Å². The zero-order chi connectivity index (χ0) is 11.8. The molecule has 16 heavy (non-hydrogen) atoms. The van der Waals surface area contributed by atoms with E-state index in [1.165, 1.54) is 0 Å². The van der Waals surface area contributed by atoms with Crippen LogP contribution >= 0.6 is 0 Å². The lowest BCUT2D eigenvalue weighted by Crippen LogP contribution is -2.10. The molecule has 0 aliphatic rings. The number of carbonyl (C=O) groups is 1. The highest BCUT2D eigenvalue weighted by Crippen LogP contribution is 2.24. The second kappa shape index (κ2) is 6.99. The fraction of sp³-hybridized carbons (Fsp3) is 0.538. The summed E-state index contributed by atoms with van der Waals surface area (Å²) >= 11 is 0. The number of carbonyl (C=O) groups excluding carboxylic acids is 1. The number of hydrogen-bond acceptors (Lipinski definition) is 3. The van der Waals surface area contributed by atoms with Crippen LogP contribution in [-0.2, 0) is 9.53 Å². The third-order valence-corrected chi connectivity index (χ3v) is 2.51. The Morgan fingerprint density at radius 2 is 2.31 bits per heavy atom. The second-order valence-electron chi connectivity index (χ2n) is 3.78. The highest BCUT2D eigenvalue weighted by Gasteiger charge is 2.15. The Kier molecular flexibility index (Phi) is 5.54. The van der Waals surface area contributed by atoms with Gasteiger partial charge in [-0.2, -0.15) is 0 Å². The summed E-state index contributed by atoms with van der Waals surface area (Å²) < 4.78 is 4.98. The van der Waals surface area contributed by atoms with Gasteiger partial charge in [0.25, 0.3) is 0 Å². The molecule has 0 radical (unpaired) electrons. The van der Waals surface area contributed by atoms with Crippen LogP contribution < -0.4 is 0 Å². The molecule has 0 aliphatic heterocycles. The van der Waals surface area contributed by atoms with E-state index in [2.05, 4.69) is 11.9 Å². The molecule has 0 aliphatic carbocycles. The van der Waals surface area contributed by atoms with Crippen molar-refractivity contribution in [2.45, 2.75) is 39.0 Å². The summed E-state index contributed by atoms with van der Waals surface area (Å²) in [7, 11) is 0. The van der Waals surface area contributed by atoms with Gasteiger partial charge in [-0.1, -0.05) is 19.4 Å². The molecule has 3 heteroatoms. The first-order valence-corrected chi connectivity index (χ1v) is 5.83. The first-order valence-electron chi connectivity index (χ1n) is 5.83. The smallest absolute Gasteiger partial charge is 0.306 e. The predicted molar refractivity (Wildman–Crippen MR) is 63.1 cm³/mol. The summed E-state index contributed by atoms with van der Waals surface area (Å²) in [5, 5.41) is 0. The van der Waals surface area contributed by atoms with Gasteiger partial charge in [0.2, 0.25) is 0 Å². The lowest BCUT2D eigenvalue weighted by Gasteiger charge is -2.14. The van der Waals surface area contributed by atoms with Gasteiger partial charge in [0.1, 0.15) is 0 Å². The molecule has 3 nitrogen and oxygen atoms in total. The quantitative estimate of drug-likeness (QED) is 0.693. The summed E-state index contributed by atoms with van der Waals surface area (Å²) in [5.74, 6) is 0.113. The Morgan fingerprint density at radius 1 is 1.50 bits per heavy atom. The molecule has 0 bridgehead atoms. The third kappa shape index (κ3) is 4.01. The van der Waals surface area contributed by atoms with Gasteiger partial charge in [-0.3, -0.25) is 9.78 Å². The molecule has 1 atom stereocenters. The van der Waals surface area contributed by atoms with Gasteiger partial charge >= 0.3 is 5.97 Å². The second-order valence-corrected chi connectivity index (χ2v) is 3.78. The van der Waals surface area contributed by atoms with E-state index < -0.39 is 0 Å². The average Bonchev–Trinajstić information content (AvgIpc) is 2.30. The minimum atomic E-state index is -0.121. The van der Waals surface area contributed by atoms with Crippen molar-refractivity contribution in [1.29, 1.82) is 0 Å².